The molecular formula is C22H21FN4O4. The van der Waals surface area contributed by atoms with Crippen LogP contribution >= 0.6 is 0 Å². The predicted molar refractivity (Wildman–Crippen MR) is 113 cm³/mol. The van der Waals surface area contributed by atoms with Crippen LogP contribution < -0.4 is 15.8 Å². The minimum absolute atomic E-state index is 0.108. The second kappa shape index (κ2) is 8.97. The third-order valence-corrected chi connectivity index (χ3v) is 4.91. The van der Waals surface area contributed by atoms with Crippen LogP contribution in [0.25, 0.3) is 0 Å². The molecule has 1 fully saturated rings. The summed E-state index contributed by atoms with van der Waals surface area (Å²) in [5, 5.41) is 2.58. The maximum absolute atomic E-state index is 14.4. The second-order valence-corrected chi connectivity index (χ2v) is 7.14. The molecule has 2 aliphatic rings. The van der Waals surface area contributed by atoms with Crippen molar-refractivity contribution in [1.29, 1.82) is 0 Å². The van der Waals surface area contributed by atoms with Crippen LogP contribution in [0.5, 0.6) is 5.75 Å². The van der Waals surface area contributed by atoms with E-state index in [0.717, 1.165) is 17.3 Å². The highest BCUT2D eigenvalue weighted by Crippen LogP contribution is 2.31. The summed E-state index contributed by atoms with van der Waals surface area (Å²) in [6.07, 6.45) is 4.53. The van der Waals surface area contributed by atoms with Crippen molar-refractivity contribution in [1.82, 2.24) is 4.90 Å². The molecule has 0 spiro atoms. The van der Waals surface area contributed by atoms with Gasteiger partial charge in [-0.15, -0.1) is 0 Å². The van der Waals surface area contributed by atoms with Crippen molar-refractivity contribution >= 4 is 29.4 Å². The van der Waals surface area contributed by atoms with E-state index in [4.69, 9.17) is 15.2 Å². The standard InChI is InChI=1S/C22H21FN4O4/c23-18-9-20-19(26-21(28)13-31-20)8-17(18)22(29)27-10-16(11-27)30-12-14-2-4-15(5-3-14)25-7-1-6-24/h1-9,16H,10-13,24H2,(H,26,28). The highest BCUT2D eigenvalue weighted by molar-refractivity contribution is 6.00. The summed E-state index contributed by atoms with van der Waals surface area (Å²) in [5.74, 6) is -1.27. The number of likely N-dealkylation sites (tertiary alicyclic amines) is 1. The maximum atomic E-state index is 14.4. The van der Waals surface area contributed by atoms with Crippen molar-refractivity contribution in [3.8, 4) is 5.75 Å². The minimum atomic E-state index is -0.686. The van der Waals surface area contributed by atoms with E-state index in [1.54, 1.807) is 12.3 Å². The van der Waals surface area contributed by atoms with Crippen LogP contribution in [0.2, 0.25) is 0 Å². The number of nitrogens with one attached hydrogen (secondary N) is 1. The molecule has 2 aromatic rings. The Morgan fingerprint density at radius 2 is 2.10 bits per heavy atom. The van der Waals surface area contributed by atoms with Crippen molar-refractivity contribution in [3.63, 3.8) is 0 Å². The summed E-state index contributed by atoms with van der Waals surface area (Å²) in [6.45, 7) is 0.959. The van der Waals surface area contributed by atoms with Crippen molar-refractivity contribution in [3.05, 3.63) is 65.6 Å². The third kappa shape index (κ3) is 4.72. The second-order valence-electron chi connectivity index (χ2n) is 7.14. The number of aliphatic imine (C=N–C) groups is 1. The number of nitrogens with zero attached hydrogens (tertiary/aromatic N) is 2. The van der Waals surface area contributed by atoms with Crippen molar-refractivity contribution in [2.24, 2.45) is 10.7 Å². The van der Waals surface area contributed by atoms with Gasteiger partial charge < -0.3 is 25.4 Å². The van der Waals surface area contributed by atoms with Crippen LogP contribution in [-0.2, 0) is 16.1 Å². The summed E-state index contributed by atoms with van der Waals surface area (Å²) in [7, 11) is 0. The first-order valence-corrected chi connectivity index (χ1v) is 9.70. The zero-order valence-corrected chi connectivity index (χ0v) is 16.6. The van der Waals surface area contributed by atoms with Crippen LogP contribution in [-0.4, -0.2) is 48.7 Å². The Hall–Kier alpha value is -3.72. The fraction of sp³-hybridized carbons (Fsp3) is 0.227. The monoisotopic (exact) mass is 424 g/mol. The first-order chi connectivity index (χ1) is 15.0. The van der Waals surface area contributed by atoms with Gasteiger partial charge in [0, 0.05) is 25.4 Å². The molecule has 8 nitrogen and oxygen atoms in total. The quantitative estimate of drug-likeness (QED) is 0.693. The Labute approximate surface area is 178 Å². The van der Waals surface area contributed by atoms with E-state index in [-0.39, 0.29) is 29.9 Å². The number of carbonyl (C=O) groups is 2. The number of benzene rings is 2. The number of rotatable bonds is 6. The molecule has 2 heterocycles. The molecule has 0 aromatic heterocycles. The third-order valence-electron chi connectivity index (χ3n) is 4.91. The zero-order valence-electron chi connectivity index (χ0n) is 16.6. The van der Waals surface area contributed by atoms with Crippen molar-refractivity contribution in [2.45, 2.75) is 12.7 Å². The maximum Gasteiger partial charge on any atom is 0.262 e. The zero-order chi connectivity index (χ0) is 21.8. The largest absolute Gasteiger partial charge is 0.481 e. The summed E-state index contributed by atoms with van der Waals surface area (Å²) in [6, 6.07) is 10.0. The lowest BCUT2D eigenvalue weighted by atomic mass is 10.1. The highest BCUT2D eigenvalue weighted by Gasteiger charge is 2.34. The number of hydrogen-bond acceptors (Lipinski definition) is 6. The number of anilines is 1. The van der Waals surface area contributed by atoms with E-state index in [0.29, 0.717) is 25.4 Å². The molecular weight excluding hydrogens is 403 g/mol. The molecule has 3 N–H and O–H groups in total. The fourth-order valence-electron chi connectivity index (χ4n) is 3.22. The van der Waals surface area contributed by atoms with Gasteiger partial charge >= 0.3 is 0 Å². The lowest BCUT2D eigenvalue weighted by Crippen LogP contribution is -2.54. The molecule has 0 atom stereocenters. The van der Waals surface area contributed by atoms with Gasteiger partial charge in [-0.05, 0) is 36.0 Å². The van der Waals surface area contributed by atoms with E-state index in [1.807, 2.05) is 24.3 Å². The summed E-state index contributed by atoms with van der Waals surface area (Å²) in [5.41, 5.74) is 7.22. The van der Waals surface area contributed by atoms with E-state index >= 15 is 0 Å². The molecule has 2 aromatic carbocycles. The smallest absolute Gasteiger partial charge is 0.262 e. The first-order valence-electron chi connectivity index (χ1n) is 9.70. The van der Waals surface area contributed by atoms with Crippen molar-refractivity contribution < 1.29 is 23.5 Å². The van der Waals surface area contributed by atoms with Gasteiger partial charge in [-0.3, -0.25) is 14.6 Å². The van der Waals surface area contributed by atoms with E-state index in [9.17, 15) is 14.0 Å². The van der Waals surface area contributed by atoms with Crippen LogP contribution in [0.1, 0.15) is 15.9 Å². The average Bonchev–Trinajstić information content (AvgIpc) is 2.73. The molecule has 4 rings (SSSR count). The number of amides is 2. The Kier molecular flexibility index (Phi) is 5.94. The van der Waals surface area contributed by atoms with E-state index in [2.05, 4.69) is 10.3 Å². The van der Waals surface area contributed by atoms with Crippen LogP contribution in [0.15, 0.2) is 53.7 Å². The lowest BCUT2D eigenvalue weighted by Gasteiger charge is -2.39. The van der Waals surface area contributed by atoms with E-state index in [1.165, 1.54) is 17.2 Å². The van der Waals surface area contributed by atoms with Crippen molar-refractivity contribution in [2.75, 3.05) is 25.0 Å². The summed E-state index contributed by atoms with van der Waals surface area (Å²) >= 11 is 0. The fourth-order valence-corrected chi connectivity index (χ4v) is 3.22. The Morgan fingerprint density at radius 1 is 1.32 bits per heavy atom. The van der Waals surface area contributed by atoms with Gasteiger partial charge in [0.05, 0.1) is 29.6 Å². The molecule has 0 saturated carbocycles. The van der Waals surface area contributed by atoms with Gasteiger partial charge in [0.2, 0.25) is 0 Å². The topological polar surface area (TPSA) is 106 Å². The van der Waals surface area contributed by atoms with Gasteiger partial charge in [0.25, 0.3) is 11.8 Å². The Morgan fingerprint density at radius 3 is 2.84 bits per heavy atom. The molecule has 0 radical (unpaired) electrons. The van der Waals surface area contributed by atoms with Gasteiger partial charge in [-0.1, -0.05) is 12.1 Å². The molecule has 2 amide bonds. The molecule has 1 saturated heterocycles. The van der Waals surface area contributed by atoms with Crippen LogP contribution in [0, 0.1) is 5.82 Å². The Bertz CT molecular complexity index is 1050. The number of nitrogens with two attached hydrogens (primary N) is 1. The number of allylic oxidation sites excluding steroid dienone is 1. The molecule has 160 valence electrons. The highest BCUT2D eigenvalue weighted by atomic mass is 19.1. The minimum Gasteiger partial charge on any atom is -0.481 e. The van der Waals surface area contributed by atoms with Crippen LogP contribution in [0.3, 0.4) is 0 Å². The SMILES string of the molecule is NC=CC=Nc1ccc(COC2CN(C(=O)c3cc4c(cc3F)OCC(=O)N4)C2)cc1. The normalized spacial score (nSPS) is 16.2. The molecule has 0 bridgehead atoms. The Balaban J connectivity index is 1.29. The van der Waals surface area contributed by atoms with Gasteiger partial charge in [0.1, 0.15) is 11.6 Å². The number of halogens is 1. The molecule has 9 heteroatoms. The molecule has 0 aliphatic carbocycles. The lowest BCUT2D eigenvalue weighted by molar-refractivity contribution is -0.118. The molecule has 2 aliphatic heterocycles. The van der Waals surface area contributed by atoms with Gasteiger partial charge in [0.15, 0.2) is 6.61 Å². The number of carbonyl (C=O) groups excluding carboxylic acids is 2. The van der Waals surface area contributed by atoms with Gasteiger partial charge in [-0.25, -0.2) is 4.39 Å². The number of ether oxygens (including phenoxy) is 2. The number of fused-ring (bicyclic) bond motifs is 1. The summed E-state index contributed by atoms with van der Waals surface area (Å²) in [4.78, 5) is 29.8. The number of hydrogen-bond donors (Lipinski definition) is 2. The molecule has 0 unspecified atom stereocenters. The van der Waals surface area contributed by atoms with E-state index < -0.39 is 11.7 Å². The first kappa shape index (κ1) is 20.5. The summed E-state index contributed by atoms with van der Waals surface area (Å²) < 4.78 is 25.3. The molecule has 31 heavy (non-hydrogen) atoms. The van der Waals surface area contributed by atoms with Gasteiger partial charge in [-0.2, -0.15) is 0 Å². The van der Waals surface area contributed by atoms with Crippen LogP contribution in [0.4, 0.5) is 15.8 Å². The average molecular weight is 424 g/mol. The predicted octanol–water partition coefficient (Wildman–Crippen LogP) is 2.37.